The number of aromatic nitrogens is 2. The normalized spacial score (nSPS) is 11.7. The summed E-state index contributed by atoms with van der Waals surface area (Å²) >= 11 is 0. The lowest BCUT2D eigenvalue weighted by Gasteiger charge is -2.19. The van der Waals surface area contributed by atoms with Crippen LogP contribution < -0.4 is 10.6 Å². The van der Waals surface area contributed by atoms with Gasteiger partial charge >= 0.3 is 0 Å². The fraction of sp³-hybridized carbons (Fsp3) is 0.545. The lowest BCUT2D eigenvalue weighted by Crippen LogP contribution is -2.20. The maximum absolute atomic E-state index is 4.50. The van der Waals surface area contributed by atoms with Gasteiger partial charge in [0.15, 0.2) is 0 Å². The van der Waals surface area contributed by atoms with Crippen LogP contribution in [-0.4, -0.2) is 23.1 Å². The SMILES string of the molecule is Cc1cnc(CNCCCCNCc2cc(C(C)(C)C)ccn2)c(C)c1. The van der Waals surface area contributed by atoms with E-state index in [4.69, 9.17) is 0 Å². The van der Waals surface area contributed by atoms with Crippen LogP contribution in [0.5, 0.6) is 0 Å². The van der Waals surface area contributed by atoms with Crippen molar-refractivity contribution in [1.29, 1.82) is 0 Å². The molecule has 0 saturated heterocycles. The molecule has 0 atom stereocenters. The fourth-order valence-corrected chi connectivity index (χ4v) is 2.89. The molecule has 4 nitrogen and oxygen atoms in total. The first kappa shape index (κ1) is 20.5. The van der Waals surface area contributed by atoms with Crippen LogP contribution in [0.2, 0.25) is 0 Å². The van der Waals surface area contributed by atoms with Crippen LogP contribution >= 0.6 is 0 Å². The van der Waals surface area contributed by atoms with Crippen molar-refractivity contribution in [3.8, 4) is 0 Å². The molecule has 26 heavy (non-hydrogen) atoms. The van der Waals surface area contributed by atoms with Gasteiger partial charge in [-0.25, -0.2) is 0 Å². The highest BCUT2D eigenvalue weighted by molar-refractivity contribution is 5.24. The number of unbranched alkanes of at least 4 members (excludes halogenated alkanes) is 1. The topological polar surface area (TPSA) is 49.8 Å². The second kappa shape index (κ2) is 9.79. The Kier molecular flexibility index (Phi) is 7.73. The Morgan fingerprint density at radius 1 is 0.923 bits per heavy atom. The minimum atomic E-state index is 0.175. The molecule has 2 aromatic heterocycles. The molecule has 0 fully saturated rings. The monoisotopic (exact) mass is 354 g/mol. The van der Waals surface area contributed by atoms with Crippen LogP contribution in [0.4, 0.5) is 0 Å². The highest BCUT2D eigenvalue weighted by Gasteiger charge is 2.13. The molecule has 2 N–H and O–H groups in total. The predicted molar refractivity (Wildman–Crippen MR) is 109 cm³/mol. The van der Waals surface area contributed by atoms with Crippen molar-refractivity contribution in [2.45, 2.75) is 66.0 Å². The molecular weight excluding hydrogens is 320 g/mol. The third kappa shape index (κ3) is 6.85. The van der Waals surface area contributed by atoms with Gasteiger partial charge in [0.1, 0.15) is 0 Å². The zero-order chi connectivity index (χ0) is 19.0. The van der Waals surface area contributed by atoms with Crippen LogP contribution in [0.15, 0.2) is 30.6 Å². The van der Waals surface area contributed by atoms with Gasteiger partial charge in [0.25, 0.3) is 0 Å². The van der Waals surface area contributed by atoms with Gasteiger partial charge in [-0.15, -0.1) is 0 Å². The van der Waals surface area contributed by atoms with E-state index in [2.05, 4.69) is 73.4 Å². The third-order valence-corrected chi connectivity index (χ3v) is 4.56. The summed E-state index contributed by atoms with van der Waals surface area (Å²) in [4.78, 5) is 8.97. The molecule has 0 aliphatic heterocycles. The summed E-state index contributed by atoms with van der Waals surface area (Å²) in [6, 6.07) is 6.52. The highest BCUT2D eigenvalue weighted by Crippen LogP contribution is 2.21. The van der Waals surface area contributed by atoms with Crippen LogP contribution in [0.1, 0.15) is 61.7 Å². The quantitative estimate of drug-likeness (QED) is 0.667. The highest BCUT2D eigenvalue weighted by atomic mass is 14.9. The summed E-state index contributed by atoms with van der Waals surface area (Å²) in [6.07, 6.45) is 6.18. The van der Waals surface area contributed by atoms with Crippen molar-refractivity contribution in [1.82, 2.24) is 20.6 Å². The maximum Gasteiger partial charge on any atom is 0.0570 e. The second-order valence-electron chi connectivity index (χ2n) is 8.12. The van der Waals surface area contributed by atoms with Crippen LogP contribution in [0.3, 0.4) is 0 Å². The van der Waals surface area contributed by atoms with Crippen LogP contribution in [0.25, 0.3) is 0 Å². The standard InChI is InChI=1S/C22H34N4/c1-17-12-18(2)21(26-14-17)16-24-10-7-6-9-23-15-20-13-19(8-11-25-20)22(3,4)5/h8,11-14,23-24H,6-7,9-10,15-16H2,1-5H3. The number of pyridine rings is 2. The average Bonchev–Trinajstić information content (AvgIpc) is 2.58. The minimum absolute atomic E-state index is 0.175. The molecule has 0 saturated carbocycles. The van der Waals surface area contributed by atoms with Gasteiger partial charge in [0.2, 0.25) is 0 Å². The molecule has 0 aromatic carbocycles. The first-order valence-corrected chi connectivity index (χ1v) is 9.65. The first-order valence-electron chi connectivity index (χ1n) is 9.65. The fourth-order valence-electron chi connectivity index (χ4n) is 2.89. The molecule has 0 aliphatic rings. The van der Waals surface area contributed by atoms with Gasteiger partial charge in [-0.3, -0.25) is 9.97 Å². The van der Waals surface area contributed by atoms with E-state index in [-0.39, 0.29) is 5.41 Å². The lowest BCUT2D eigenvalue weighted by atomic mass is 9.87. The van der Waals surface area contributed by atoms with E-state index in [1.165, 1.54) is 16.7 Å². The van der Waals surface area contributed by atoms with Crippen molar-refractivity contribution < 1.29 is 0 Å². The largest absolute Gasteiger partial charge is 0.311 e. The van der Waals surface area contributed by atoms with Crippen LogP contribution in [0, 0.1) is 13.8 Å². The summed E-state index contributed by atoms with van der Waals surface area (Å²) in [6.45, 7) is 14.6. The van der Waals surface area contributed by atoms with Gasteiger partial charge in [-0.1, -0.05) is 26.8 Å². The lowest BCUT2D eigenvalue weighted by molar-refractivity contribution is 0.570. The summed E-state index contributed by atoms with van der Waals surface area (Å²) in [7, 11) is 0. The van der Waals surface area contributed by atoms with Crippen molar-refractivity contribution in [3.63, 3.8) is 0 Å². The molecule has 0 amide bonds. The van der Waals surface area contributed by atoms with E-state index in [1.807, 2.05) is 12.4 Å². The Balaban J connectivity index is 1.58. The van der Waals surface area contributed by atoms with Crippen LogP contribution in [-0.2, 0) is 18.5 Å². The second-order valence-corrected chi connectivity index (χ2v) is 8.12. The Morgan fingerprint density at radius 2 is 1.62 bits per heavy atom. The molecular formula is C22H34N4. The minimum Gasteiger partial charge on any atom is -0.311 e. The van der Waals surface area contributed by atoms with Crippen molar-refractivity contribution in [2.75, 3.05) is 13.1 Å². The molecule has 0 radical (unpaired) electrons. The molecule has 0 unspecified atom stereocenters. The third-order valence-electron chi connectivity index (χ3n) is 4.56. The number of nitrogens with zero attached hydrogens (tertiary/aromatic N) is 2. The molecule has 0 spiro atoms. The maximum atomic E-state index is 4.50. The molecule has 0 bridgehead atoms. The number of rotatable bonds is 9. The summed E-state index contributed by atoms with van der Waals surface area (Å²) in [5, 5.41) is 6.99. The molecule has 142 valence electrons. The van der Waals surface area contributed by atoms with E-state index in [1.54, 1.807) is 0 Å². The van der Waals surface area contributed by atoms with Gasteiger partial charge in [0.05, 0.1) is 11.4 Å². The Morgan fingerprint density at radius 3 is 2.27 bits per heavy atom. The summed E-state index contributed by atoms with van der Waals surface area (Å²) in [5.74, 6) is 0. The summed E-state index contributed by atoms with van der Waals surface area (Å²) < 4.78 is 0. The summed E-state index contributed by atoms with van der Waals surface area (Å²) in [5.41, 5.74) is 6.28. The van der Waals surface area contributed by atoms with Crippen molar-refractivity contribution in [3.05, 3.63) is 58.7 Å². The molecule has 2 rings (SSSR count). The Hall–Kier alpha value is -1.78. The zero-order valence-electron chi connectivity index (χ0n) is 17.0. The number of hydrogen-bond acceptors (Lipinski definition) is 4. The smallest absolute Gasteiger partial charge is 0.0570 e. The molecule has 2 heterocycles. The molecule has 4 heteroatoms. The predicted octanol–water partition coefficient (Wildman–Crippen LogP) is 4.05. The zero-order valence-corrected chi connectivity index (χ0v) is 17.0. The first-order chi connectivity index (χ1) is 12.4. The average molecular weight is 355 g/mol. The van der Waals surface area contributed by atoms with Gasteiger partial charge < -0.3 is 10.6 Å². The van der Waals surface area contributed by atoms with E-state index in [0.29, 0.717) is 0 Å². The van der Waals surface area contributed by atoms with Crippen molar-refractivity contribution in [2.24, 2.45) is 0 Å². The molecule has 0 aliphatic carbocycles. The van der Waals surface area contributed by atoms with Gasteiger partial charge in [0, 0.05) is 25.5 Å². The number of aryl methyl sites for hydroxylation is 2. The van der Waals surface area contributed by atoms with Gasteiger partial charge in [-0.2, -0.15) is 0 Å². The Bertz CT molecular complexity index is 689. The van der Waals surface area contributed by atoms with Gasteiger partial charge in [-0.05, 0) is 74.0 Å². The Labute approximate surface area is 158 Å². The number of nitrogens with one attached hydrogen (secondary N) is 2. The van der Waals surface area contributed by atoms with E-state index in [0.717, 1.165) is 50.4 Å². The van der Waals surface area contributed by atoms with E-state index < -0.39 is 0 Å². The van der Waals surface area contributed by atoms with Crippen molar-refractivity contribution >= 4 is 0 Å². The molecule has 2 aromatic rings. The van der Waals surface area contributed by atoms with E-state index in [9.17, 15) is 0 Å². The number of hydrogen-bond donors (Lipinski definition) is 2. The van der Waals surface area contributed by atoms with E-state index >= 15 is 0 Å².